The molecule has 1 aliphatic heterocycles. The number of ether oxygens (including phenoxy) is 1. The summed E-state index contributed by atoms with van der Waals surface area (Å²) in [5.41, 5.74) is 1.40. The van der Waals surface area contributed by atoms with E-state index in [1.165, 1.54) is 16.8 Å². The van der Waals surface area contributed by atoms with E-state index in [1.807, 2.05) is 20.8 Å². The summed E-state index contributed by atoms with van der Waals surface area (Å²) < 4.78 is 65.2. The number of rotatable bonds is 15. The number of Topliss-reactive ketones (excluding diaryl/α,β-unsaturated/α-hetero) is 1. The highest BCUT2D eigenvalue weighted by molar-refractivity contribution is 5.82. The first-order valence-corrected chi connectivity index (χ1v) is 17.1. The lowest BCUT2D eigenvalue weighted by molar-refractivity contribution is -0.143. The number of carbonyl (C=O) groups is 2. The monoisotopic (exact) mass is 685 g/mol. The molecule has 0 saturated carbocycles. The molecule has 0 radical (unpaired) electrons. The molecule has 2 heterocycles. The van der Waals surface area contributed by atoms with Gasteiger partial charge in [0.25, 0.3) is 5.56 Å². The topological polar surface area (TPSA) is 81.5 Å². The molecule has 0 amide bonds. The van der Waals surface area contributed by atoms with Crippen molar-refractivity contribution in [1.29, 1.82) is 0 Å². The summed E-state index contributed by atoms with van der Waals surface area (Å²) >= 11 is 0. The molecule has 1 aromatic heterocycles. The van der Waals surface area contributed by atoms with Crippen molar-refractivity contribution in [1.82, 2.24) is 14.7 Å². The summed E-state index contributed by atoms with van der Waals surface area (Å²) in [6, 6.07) is 8.02. The molecule has 7 nitrogen and oxygen atoms in total. The molecule has 3 aromatic rings. The van der Waals surface area contributed by atoms with Gasteiger partial charge in [-0.05, 0) is 117 Å². The Morgan fingerprint density at radius 2 is 1.69 bits per heavy atom. The molecule has 2 aromatic carbocycles. The molecule has 1 aliphatic rings. The van der Waals surface area contributed by atoms with Gasteiger partial charge in [0.05, 0.1) is 24.3 Å². The maximum absolute atomic E-state index is 16.0. The second-order valence-electron chi connectivity index (χ2n) is 13.6. The second kappa shape index (κ2) is 16.2. The minimum absolute atomic E-state index is 0.00430. The molecule has 0 aliphatic carbocycles. The van der Waals surface area contributed by atoms with Gasteiger partial charge in [-0.3, -0.25) is 14.4 Å². The number of nitrogens with zero attached hydrogens (tertiary/aromatic N) is 3. The smallest absolute Gasteiger partial charge is 0.419 e. The lowest BCUT2D eigenvalue weighted by Gasteiger charge is -2.30. The Kier molecular flexibility index (Phi) is 12.6. The highest BCUT2D eigenvalue weighted by Gasteiger charge is 2.38. The van der Waals surface area contributed by atoms with Gasteiger partial charge in [0, 0.05) is 25.5 Å². The molecular formula is C38H47F4N3O4. The summed E-state index contributed by atoms with van der Waals surface area (Å²) in [5, 5.41) is 4.65. The van der Waals surface area contributed by atoms with Crippen molar-refractivity contribution in [2.45, 2.75) is 98.2 Å². The van der Waals surface area contributed by atoms with Crippen LogP contribution in [0.25, 0.3) is 11.1 Å². The second-order valence-corrected chi connectivity index (χ2v) is 13.6. The van der Waals surface area contributed by atoms with Crippen LogP contribution in [0, 0.1) is 32.5 Å². The first kappa shape index (κ1) is 38.0. The molecular weight excluding hydrogens is 638 g/mol. The third-order valence-corrected chi connectivity index (χ3v) is 9.30. The number of benzene rings is 2. The van der Waals surface area contributed by atoms with Crippen molar-refractivity contribution in [3.8, 4) is 11.1 Å². The number of aromatic nitrogens is 2. The van der Waals surface area contributed by atoms with Crippen LogP contribution < -0.4 is 5.56 Å². The third kappa shape index (κ3) is 9.44. The van der Waals surface area contributed by atoms with Crippen LogP contribution in [-0.4, -0.2) is 52.7 Å². The Morgan fingerprint density at radius 1 is 1.02 bits per heavy atom. The van der Waals surface area contributed by atoms with Gasteiger partial charge >= 0.3 is 12.1 Å². The molecule has 0 unspecified atom stereocenters. The first-order chi connectivity index (χ1) is 23.1. The number of halogens is 4. The van der Waals surface area contributed by atoms with E-state index >= 15 is 4.39 Å². The van der Waals surface area contributed by atoms with Gasteiger partial charge in [0.15, 0.2) is 5.78 Å². The molecule has 1 saturated heterocycles. The zero-order chi connectivity index (χ0) is 36.0. The molecule has 266 valence electrons. The van der Waals surface area contributed by atoms with E-state index in [4.69, 9.17) is 4.74 Å². The molecule has 0 bridgehead atoms. The molecule has 0 spiro atoms. The molecule has 4 rings (SSSR count). The van der Waals surface area contributed by atoms with Gasteiger partial charge < -0.3 is 9.64 Å². The number of esters is 1. The van der Waals surface area contributed by atoms with Crippen LogP contribution in [0.2, 0.25) is 0 Å². The quantitative estimate of drug-likeness (QED) is 0.120. The highest BCUT2D eigenvalue weighted by atomic mass is 19.4. The fourth-order valence-electron chi connectivity index (χ4n) is 6.58. The van der Waals surface area contributed by atoms with E-state index in [0.717, 1.165) is 43.4 Å². The van der Waals surface area contributed by atoms with E-state index in [-0.39, 0.29) is 42.3 Å². The maximum atomic E-state index is 16.0. The molecule has 1 fully saturated rings. The van der Waals surface area contributed by atoms with Crippen molar-refractivity contribution < 1.29 is 31.9 Å². The Labute approximate surface area is 285 Å². The van der Waals surface area contributed by atoms with E-state index < -0.39 is 47.5 Å². The van der Waals surface area contributed by atoms with Crippen LogP contribution in [0.4, 0.5) is 17.6 Å². The van der Waals surface area contributed by atoms with Gasteiger partial charge in [-0.1, -0.05) is 32.0 Å². The van der Waals surface area contributed by atoms with Crippen molar-refractivity contribution in [3.05, 3.63) is 86.1 Å². The molecule has 11 heteroatoms. The number of carbonyl (C=O) groups excluding carboxylic acids is 2. The van der Waals surface area contributed by atoms with Crippen LogP contribution >= 0.6 is 0 Å². The first-order valence-electron chi connectivity index (χ1n) is 17.1. The summed E-state index contributed by atoms with van der Waals surface area (Å²) in [7, 11) is 0. The normalized spacial score (nSPS) is 14.8. The van der Waals surface area contributed by atoms with Gasteiger partial charge in [-0.15, -0.1) is 0 Å². The van der Waals surface area contributed by atoms with E-state index in [9.17, 15) is 27.6 Å². The molecule has 49 heavy (non-hydrogen) atoms. The van der Waals surface area contributed by atoms with E-state index in [0.29, 0.717) is 29.5 Å². The minimum atomic E-state index is -5.01. The van der Waals surface area contributed by atoms with Crippen molar-refractivity contribution in [2.75, 3.05) is 26.2 Å². The summed E-state index contributed by atoms with van der Waals surface area (Å²) in [4.78, 5) is 42.3. The van der Waals surface area contributed by atoms with Crippen LogP contribution in [0.15, 0.2) is 41.2 Å². The number of likely N-dealkylation sites (tertiary alicyclic amines) is 1. The van der Waals surface area contributed by atoms with E-state index in [1.54, 1.807) is 39.0 Å². The average molecular weight is 686 g/mol. The third-order valence-electron chi connectivity index (χ3n) is 9.30. The van der Waals surface area contributed by atoms with Crippen LogP contribution in [0.3, 0.4) is 0 Å². The van der Waals surface area contributed by atoms with Crippen LogP contribution in [0.1, 0.15) is 98.3 Å². The molecule has 0 N–H and O–H groups in total. The number of aryl methyl sites for hydroxylation is 3. The largest absolute Gasteiger partial charge is 0.466 e. The predicted molar refractivity (Wildman–Crippen MR) is 181 cm³/mol. The number of hydrogen-bond acceptors (Lipinski definition) is 6. The van der Waals surface area contributed by atoms with Gasteiger partial charge in [-0.2, -0.15) is 18.3 Å². The maximum Gasteiger partial charge on any atom is 0.419 e. The Bertz CT molecular complexity index is 1690. The van der Waals surface area contributed by atoms with Crippen molar-refractivity contribution in [2.24, 2.45) is 5.92 Å². The number of hydrogen-bond donors (Lipinski definition) is 0. The van der Waals surface area contributed by atoms with Crippen LogP contribution in [-0.2, 0) is 26.9 Å². The fourth-order valence-corrected chi connectivity index (χ4v) is 6.58. The SMILES string of the molecule is CCOC(=O)C[C@H](CCC(=O)[C@H](CC(C)C)n1nc(CCN2CCC2)c(C)cc1=O)c1cc(-c2c(C)cccc2C)cc(C(F)(F)F)c1F. The Hall–Kier alpha value is -3.86. The van der Waals surface area contributed by atoms with E-state index in [2.05, 4.69) is 10.00 Å². The Morgan fingerprint density at radius 3 is 2.27 bits per heavy atom. The summed E-state index contributed by atoms with van der Waals surface area (Å²) in [6.45, 7) is 13.6. The summed E-state index contributed by atoms with van der Waals surface area (Å²) in [5.74, 6) is -3.66. The van der Waals surface area contributed by atoms with Crippen molar-refractivity contribution in [3.63, 3.8) is 0 Å². The predicted octanol–water partition coefficient (Wildman–Crippen LogP) is 7.92. The zero-order valence-corrected chi connectivity index (χ0v) is 29.3. The van der Waals surface area contributed by atoms with Gasteiger partial charge in [-0.25, -0.2) is 9.07 Å². The number of alkyl halides is 3. The zero-order valence-electron chi connectivity index (χ0n) is 29.3. The average Bonchev–Trinajstić information content (AvgIpc) is 2.98. The highest BCUT2D eigenvalue weighted by Crippen LogP contribution is 2.41. The van der Waals surface area contributed by atoms with Crippen LogP contribution in [0.5, 0.6) is 0 Å². The minimum Gasteiger partial charge on any atom is -0.466 e. The van der Waals surface area contributed by atoms with Crippen molar-refractivity contribution >= 4 is 11.8 Å². The lowest BCUT2D eigenvalue weighted by Crippen LogP contribution is -2.39. The van der Waals surface area contributed by atoms with Gasteiger partial charge in [0.2, 0.25) is 0 Å². The van der Waals surface area contributed by atoms with Gasteiger partial charge in [0.1, 0.15) is 11.9 Å². The fraction of sp³-hybridized carbons (Fsp3) is 0.526. The number of ketones is 1. The standard InChI is InChI=1S/C38H47F4N3O4/c1-7-49-35(48)22-27(29-20-28(21-30(37(29)39)38(40,41)42)36-24(4)10-8-11-25(36)5)12-13-33(46)32(18-23(2)3)45-34(47)19-26(6)31(43-45)14-17-44-15-9-16-44/h8,10-11,19-21,23,27,32H,7,9,12-18,22H2,1-6H3/t27-,32-/m0/s1. The Balaban J connectivity index is 1.73. The molecule has 2 atom stereocenters. The lowest BCUT2D eigenvalue weighted by atomic mass is 9.84. The summed E-state index contributed by atoms with van der Waals surface area (Å²) in [6.07, 6.45) is -3.73.